The zero-order chi connectivity index (χ0) is 12.3. The van der Waals surface area contributed by atoms with Crippen LogP contribution in [-0.4, -0.2) is 19.3 Å². The second-order valence-electron chi connectivity index (χ2n) is 4.67. The molecule has 2 rings (SSSR count). The van der Waals surface area contributed by atoms with Crippen LogP contribution in [-0.2, 0) is 4.74 Å². The average Bonchev–Trinajstić information content (AvgIpc) is 2.34. The molecule has 1 aromatic rings. The van der Waals surface area contributed by atoms with Crippen molar-refractivity contribution in [2.45, 2.75) is 44.8 Å². The third kappa shape index (κ3) is 3.36. The summed E-state index contributed by atoms with van der Waals surface area (Å²) in [5, 5.41) is 0.727. The summed E-state index contributed by atoms with van der Waals surface area (Å²) < 4.78 is 11.4. The Bertz CT molecular complexity index is 378. The van der Waals surface area contributed by atoms with Gasteiger partial charge in [-0.2, -0.15) is 0 Å². The Balaban J connectivity index is 2.02. The van der Waals surface area contributed by atoms with E-state index >= 15 is 0 Å². The van der Waals surface area contributed by atoms with Crippen LogP contribution in [0.4, 0.5) is 0 Å². The minimum atomic E-state index is 0.255. The van der Waals surface area contributed by atoms with Crippen molar-refractivity contribution < 1.29 is 9.47 Å². The van der Waals surface area contributed by atoms with Gasteiger partial charge in [-0.1, -0.05) is 17.7 Å². The molecule has 0 saturated heterocycles. The minimum absolute atomic E-state index is 0.255. The fourth-order valence-corrected chi connectivity index (χ4v) is 2.47. The van der Waals surface area contributed by atoms with Crippen molar-refractivity contribution in [2.75, 3.05) is 7.11 Å². The maximum Gasteiger partial charge on any atom is 0.124 e. The lowest BCUT2D eigenvalue weighted by Crippen LogP contribution is -2.29. The Morgan fingerprint density at radius 3 is 2.76 bits per heavy atom. The van der Waals surface area contributed by atoms with E-state index in [2.05, 4.69) is 0 Å². The van der Waals surface area contributed by atoms with Crippen molar-refractivity contribution in [2.24, 2.45) is 0 Å². The zero-order valence-electron chi connectivity index (χ0n) is 10.4. The summed E-state index contributed by atoms with van der Waals surface area (Å²) >= 11 is 5.99. The summed E-state index contributed by atoms with van der Waals surface area (Å²) in [6.07, 6.45) is 4.99. The highest BCUT2D eigenvalue weighted by Gasteiger charge is 2.23. The van der Waals surface area contributed by atoms with Gasteiger partial charge in [0.05, 0.1) is 6.10 Å². The van der Waals surface area contributed by atoms with E-state index in [-0.39, 0.29) is 6.10 Å². The quantitative estimate of drug-likeness (QED) is 0.812. The van der Waals surface area contributed by atoms with Crippen molar-refractivity contribution >= 4 is 11.6 Å². The van der Waals surface area contributed by atoms with E-state index in [1.807, 2.05) is 25.1 Å². The van der Waals surface area contributed by atoms with Gasteiger partial charge in [0.15, 0.2) is 0 Å². The largest absolute Gasteiger partial charge is 0.490 e. The molecular formula is C14H19ClO2. The molecule has 0 aliphatic heterocycles. The number of benzene rings is 1. The smallest absolute Gasteiger partial charge is 0.124 e. The number of hydrogen-bond donors (Lipinski definition) is 0. The van der Waals surface area contributed by atoms with Gasteiger partial charge in [0.25, 0.3) is 0 Å². The fourth-order valence-electron chi connectivity index (χ4n) is 2.30. The molecule has 17 heavy (non-hydrogen) atoms. The van der Waals surface area contributed by atoms with Crippen LogP contribution in [0.15, 0.2) is 18.2 Å². The Kier molecular flexibility index (Phi) is 4.30. The first kappa shape index (κ1) is 12.7. The van der Waals surface area contributed by atoms with E-state index in [9.17, 15) is 0 Å². The monoisotopic (exact) mass is 254 g/mol. The van der Waals surface area contributed by atoms with E-state index in [4.69, 9.17) is 21.1 Å². The molecule has 0 aromatic heterocycles. The predicted octanol–water partition coefficient (Wildman–Crippen LogP) is 3.98. The lowest BCUT2D eigenvalue weighted by molar-refractivity contribution is 0.0207. The number of hydrogen-bond acceptors (Lipinski definition) is 2. The molecule has 0 heterocycles. The second-order valence-corrected chi connectivity index (χ2v) is 5.11. The summed E-state index contributed by atoms with van der Waals surface area (Å²) in [7, 11) is 1.78. The van der Waals surface area contributed by atoms with Crippen LogP contribution in [0.2, 0.25) is 5.02 Å². The summed E-state index contributed by atoms with van der Waals surface area (Å²) in [5.74, 6) is 0.902. The SMILES string of the molecule is COC1CCCC(Oc2cc(Cl)ccc2C)C1. The molecule has 2 unspecified atom stereocenters. The molecule has 3 heteroatoms. The second kappa shape index (κ2) is 5.74. The van der Waals surface area contributed by atoms with Gasteiger partial charge in [-0.3, -0.25) is 0 Å². The molecular weight excluding hydrogens is 236 g/mol. The van der Waals surface area contributed by atoms with Gasteiger partial charge in [0, 0.05) is 18.6 Å². The van der Waals surface area contributed by atoms with Crippen molar-refractivity contribution in [1.82, 2.24) is 0 Å². The van der Waals surface area contributed by atoms with Crippen LogP contribution in [0.1, 0.15) is 31.2 Å². The van der Waals surface area contributed by atoms with Gasteiger partial charge in [-0.15, -0.1) is 0 Å². The van der Waals surface area contributed by atoms with Gasteiger partial charge in [0.1, 0.15) is 11.9 Å². The van der Waals surface area contributed by atoms with Crippen LogP contribution >= 0.6 is 11.6 Å². The van der Waals surface area contributed by atoms with Crippen molar-refractivity contribution in [3.05, 3.63) is 28.8 Å². The Hall–Kier alpha value is -0.730. The Morgan fingerprint density at radius 1 is 1.24 bits per heavy atom. The maximum atomic E-state index is 6.03. The lowest BCUT2D eigenvalue weighted by atomic mass is 9.95. The number of aryl methyl sites for hydroxylation is 1. The van der Waals surface area contributed by atoms with E-state index in [0.717, 1.165) is 35.6 Å². The Labute approximate surface area is 108 Å². The third-order valence-corrected chi connectivity index (χ3v) is 3.59. The van der Waals surface area contributed by atoms with Crippen molar-refractivity contribution in [3.63, 3.8) is 0 Å². The van der Waals surface area contributed by atoms with Crippen molar-refractivity contribution in [1.29, 1.82) is 0 Å². The normalized spacial score (nSPS) is 24.6. The van der Waals surface area contributed by atoms with E-state index in [0.29, 0.717) is 6.10 Å². The zero-order valence-corrected chi connectivity index (χ0v) is 11.2. The number of ether oxygens (including phenoxy) is 2. The Morgan fingerprint density at radius 2 is 2.00 bits per heavy atom. The molecule has 2 nitrogen and oxygen atoms in total. The van der Waals surface area contributed by atoms with Crippen molar-refractivity contribution in [3.8, 4) is 5.75 Å². The minimum Gasteiger partial charge on any atom is -0.490 e. The number of methoxy groups -OCH3 is 1. The first-order chi connectivity index (χ1) is 8.19. The molecule has 0 N–H and O–H groups in total. The average molecular weight is 255 g/mol. The summed E-state index contributed by atoms with van der Waals surface area (Å²) in [4.78, 5) is 0. The molecule has 0 amide bonds. The molecule has 1 fully saturated rings. The standard InChI is InChI=1S/C14H19ClO2/c1-10-6-7-11(15)8-14(10)17-13-5-3-4-12(9-13)16-2/h6-8,12-13H,3-5,9H2,1-2H3. The highest BCUT2D eigenvalue weighted by molar-refractivity contribution is 6.30. The van der Waals surface area contributed by atoms with E-state index in [1.54, 1.807) is 7.11 Å². The van der Waals surface area contributed by atoms with Crippen LogP contribution < -0.4 is 4.74 Å². The molecule has 0 bridgehead atoms. The number of halogens is 1. The molecule has 1 aliphatic rings. The molecule has 1 aliphatic carbocycles. The predicted molar refractivity (Wildman–Crippen MR) is 69.9 cm³/mol. The summed E-state index contributed by atoms with van der Waals surface area (Å²) in [6, 6.07) is 5.78. The highest BCUT2D eigenvalue weighted by Crippen LogP contribution is 2.28. The van der Waals surface area contributed by atoms with Crippen LogP contribution in [0.5, 0.6) is 5.75 Å². The maximum absolute atomic E-state index is 6.03. The summed E-state index contributed by atoms with van der Waals surface area (Å²) in [5.41, 5.74) is 1.13. The van der Waals surface area contributed by atoms with Gasteiger partial charge >= 0.3 is 0 Å². The lowest BCUT2D eigenvalue weighted by Gasteiger charge is -2.29. The molecule has 1 aromatic carbocycles. The summed E-state index contributed by atoms with van der Waals surface area (Å²) in [6.45, 7) is 2.04. The van der Waals surface area contributed by atoms with Crippen LogP contribution in [0.25, 0.3) is 0 Å². The molecule has 1 saturated carbocycles. The highest BCUT2D eigenvalue weighted by atomic mass is 35.5. The number of rotatable bonds is 3. The van der Waals surface area contributed by atoms with Gasteiger partial charge in [0.2, 0.25) is 0 Å². The van der Waals surface area contributed by atoms with Crippen LogP contribution in [0.3, 0.4) is 0 Å². The third-order valence-electron chi connectivity index (χ3n) is 3.36. The van der Waals surface area contributed by atoms with Crippen LogP contribution in [0, 0.1) is 6.92 Å². The van der Waals surface area contributed by atoms with Gasteiger partial charge in [-0.05, 0) is 43.9 Å². The molecule has 0 radical (unpaired) electrons. The van der Waals surface area contributed by atoms with E-state index < -0.39 is 0 Å². The van der Waals surface area contributed by atoms with Gasteiger partial charge < -0.3 is 9.47 Å². The first-order valence-corrected chi connectivity index (χ1v) is 6.52. The molecule has 94 valence electrons. The van der Waals surface area contributed by atoms with Gasteiger partial charge in [-0.25, -0.2) is 0 Å². The molecule has 0 spiro atoms. The molecule has 2 atom stereocenters. The fraction of sp³-hybridized carbons (Fsp3) is 0.571. The first-order valence-electron chi connectivity index (χ1n) is 6.14. The topological polar surface area (TPSA) is 18.5 Å². The van der Waals surface area contributed by atoms with E-state index in [1.165, 1.54) is 6.42 Å².